The zero-order valence-electron chi connectivity index (χ0n) is 7.78. The Morgan fingerprint density at radius 1 is 1.29 bits per heavy atom. The zero-order valence-corrected chi connectivity index (χ0v) is 7.78. The van der Waals surface area contributed by atoms with E-state index in [1.807, 2.05) is 6.07 Å². The van der Waals surface area contributed by atoms with Crippen LogP contribution >= 0.6 is 0 Å². The molecule has 1 aromatic heterocycles. The lowest BCUT2D eigenvalue weighted by molar-refractivity contribution is 0.480. The van der Waals surface area contributed by atoms with Crippen molar-refractivity contribution in [3.05, 3.63) is 35.0 Å². The lowest BCUT2D eigenvalue weighted by Gasteiger charge is -2.19. The first kappa shape index (κ1) is 6.82. The normalized spacial score (nSPS) is 25.8. The summed E-state index contributed by atoms with van der Waals surface area (Å²) < 4.78 is 0. The lowest BCUT2D eigenvalue weighted by atomic mass is 9.83. The SMILES string of the molecule is CC1c2c3c(nc4c(O)cccc24)C31. The number of hydrogen-bond acceptors (Lipinski definition) is 2. The molecule has 2 aliphatic carbocycles. The van der Waals surface area contributed by atoms with Crippen LogP contribution in [0.25, 0.3) is 10.9 Å². The van der Waals surface area contributed by atoms with E-state index in [0.717, 1.165) is 10.9 Å². The molecule has 2 atom stereocenters. The largest absolute Gasteiger partial charge is 0.506 e. The number of phenols is 1. The number of para-hydroxylation sites is 1. The van der Waals surface area contributed by atoms with Crippen LogP contribution in [0, 0.1) is 0 Å². The maximum absolute atomic E-state index is 9.69. The molecule has 14 heavy (non-hydrogen) atoms. The fraction of sp³-hybridized carbons (Fsp3) is 0.250. The summed E-state index contributed by atoms with van der Waals surface area (Å²) in [5.74, 6) is 1.55. The molecule has 2 aromatic rings. The highest BCUT2D eigenvalue weighted by Gasteiger charge is 2.53. The highest BCUT2D eigenvalue weighted by Crippen LogP contribution is 2.65. The molecule has 2 heteroatoms. The Labute approximate surface area is 81.2 Å². The third-order valence-electron chi connectivity index (χ3n) is 3.58. The Balaban J connectivity index is 2.25. The monoisotopic (exact) mass is 183 g/mol. The van der Waals surface area contributed by atoms with E-state index in [9.17, 15) is 5.11 Å². The van der Waals surface area contributed by atoms with Crippen molar-refractivity contribution in [2.45, 2.75) is 18.8 Å². The highest BCUT2D eigenvalue weighted by atomic mass is 16.3. The minimum Gasteiger partial charge on any atom is -0.506 e. The van der Waals surface area contributed by atoms with E-state index >= 15 is 0 Å². The fourth-order valence-corrected chi connectivity index (χ4v) is 2.84. The van der Waals surface area contributed by atoms with Gasteiger partial charge >= 0.3 is 0 Å². The average molecular weight is 183 g/mol. The number of phenolic OH excluding ortho intramolecular Hbond substituents is 1. The van der Waals surface area contributed by atoms with Gasteiger partial charge in [-0.25, -0.2) is 4.98 Å². The molecule has 0 amide bonds. The van der Waals surface area contributed by atoms with Crippen molar-refractivity contribution in [1.29, 1.82) is 0 Å². The Bertz CT molecular complexity index is 588. The number of rotatable bonds is 0. The molecule has 0 bridgehead atoms. The van der Waals surface area contributed by atoms with Crippen LogP contribution in [0.5, 0.6) is 5.75 Å². The molecule has 4 rings (SSSR count). The van der Waals surface area contributed by atoms with Crippen molar-refractivity contribution < 1.29 is 5.11 Å². The van der Waals surface area contributed by atoms with Crippen molar-refractivity contribution in [2.75, 3.05) is 0 Å². The van der Waals surface area contributed by atoms with Crippen molar-refractivity contribution in [3.8, 4) is 5.75 Å². The van der Waals surface area contributed by atoms with Gasteiger partial charge in [0.1, 0.15) is 11.3 Å². The third kappa shape index (κ3) is 0.515. The summed E-state index contributed by atoms with van der Waals surface area (Å²) in [4.78, 5) is 4.50. The molecule has 68 valence electrons. The molecular weight excluding hydrogens is 174 g/mol. The molecule has 1 aromatic carbocycles. The number of aromatic nitrogens is 1. The van der Waals surface area contributed by atoms with Crippen LogP contribution in [0.15, 0.2) is 18.2 Å². The van der Waals surface area contributed by atoms with Crippen LogP contribution < -0.4 is 0 Å². The molecule has 2 nitrogen and oxygen atoms in total. The van der Waals surface area contributed by atoms with Crippen molar-refractivity contribution in [1.82, 2.24) is 4.98 Å². The van der Waals surface area contributed by atoms with E-state index in [0.29, 0.717) is 17.6 Å². The van der Waals surface area contributed by atoms with Crippen LogP contribution in [-0.4, -0.2) is 10.1 Å². The van der Waals surface area contributed by atoms with Crippen LogP contribution in [0.2, 0.25) is 0 Å². The Hall–Kier alpha value is -1.57. The number of nitrogens with zero attached hydrogens (tertiary/aromatic N) is 1. The van der Waals surface area contributed by atoms with Gasteiger partial charge in [0.2, 0.25) is 0 Å². The first-order chi connectivity index (χ1) is 6.79. The summed E-state index contributed by atoms with van der Waals surface area (Å²) in [6.07, 6.45) is 0. The predicted molar refractivity (Wildman–Crippen MR) is 53.7 cm³/mol. The summed E-state index contributed by atoms with van der Waals surface area (Å²) in [7, 11) is 0. The summed E-state index contributed by atoms with van der Waals surface area (Å²) in [6, 6.07) is 5.66. The molecule has 0 radical (unpaired) electrons. The average Bonchev–Trinajstić information content (AvgIpc) is 2.85. The van der Waals surface area contributed by atoms with Crippen LogP contribution in [0.4, 0.5) is 0 Å². The number of fused-ring (bicyclic) bond motifs is 3. The molecule has 2 aliphatic rings. The minimum atomic E-state index is 0.311. The van der Waals surface area contributed by atoms with Crippen molar-refractivity contribution in [2.24, 2.45) is 0 Å². The van der Waals surface area contributed by atoms with E-state index in [2.05, 4.69) is 18.0 Å². The van der Waals surface area contributed by atoms with Crippen molar-refractivity contribution >= 4 is 10.9 Å². The van der Waals surface area contributed by atoms with Gasteiger partial charge in [0.05, 0.1) is 5.69 Å². The highest BCUT2D eigenvalue weighted by molar-refractivity contribution is 5.94. The molecule has 2 unspecified atom stereocenters. The Kier molecular flexibility index (Phi) is 0.867. The quantitative estimate of drug-likeness (QED) is 0.680. The van der Waals surface area contributed by atoms with Gasteiger partial charge in [0.15, 0.2) is 0 Å². The third-order valence-corrected chi connectivity index (χ3v) is 3.58. The first-order valence-corrected chi connectivity index (χ1v) is 4.94. The smallest absolute Gasteiger partial charge is 0.141 e. The van der Waals surface area contributed by atoms with Gasteiger partial charge in [-0.3, -0.25) is 0 Å². The molecule has 0 fully saturated rings. The van der Waals surface area contributed by atoms with Gasteiger partial charge in [0, 0.05) is 11.3 Å². The van der Waals surface area contributed by atoms with E-state index < -0.39 is 0 Å². The maximum atomic E-state index is 9.69. The van der Waals surface area contributed by atoms with Crippen LogP contribution in [0.3, 0.4) is 0 Å². The summed E-state index contributed by atoms with van der Waals surface area (Å²) in [6.45, 7) is 2.24. The number of pyridine rings is 1. The molecule has 0 aliphatic heterocycles. The molecule has 0 spiro atoms. The second-order valence-corrected chi connectivity index (χ2v) is 4.26. The standard InChI is InChI=1S/C12H9NO/c1-5-8-6-3-2-4-7(14)11(6)13-12-9(5)10(8)12/h2-5,9,14H,1H3. The number of aromatic hydroxyl groups is 1. The predicted octanol–water partition coefficient (Wildman–Crippen LogP) is 2.50. The Morgan fingerprint density at radius 3 is 3.00 bits per heavy atom. The van der Waals surface area contributed by atoms with E-state index in [1.165, 1.54) is 16.8 Å². The second kappa shape index (κ2) is 1.78. The van der Waals surface area contributed by atoms with Gasteiger partial charge < -0.3 is 5.11 Å². The molecular formula is C12H9NO. The van der Waals surface area contributed by atoms with E-state index in [4.69, 9.17) is 0 Å². The summed E-state index contributed by atoms with van der Waals surface area (Å²) in [5, 5.41) is 10.8. The lowest BCUT2D eigenvalue weighted by Crippen LogP contribution is -2.04. The van der Waals surface area contributed by atoms with Gasteiger partial charge in [-0.2, -0.15) is 0 Å². The molecule has 1 N–H and O–H groups in total. The summed E-state index contributed by atoms with van der Waals surface area (Å²) >= 11 is 0. The second-order valence-electron chi connectivity index (χ2n) is 4.26. The van der Waals surface area contributed by atoms with Crippen LogP contribution in [0.1, 0.15) is 35.6 Å². The van der Waals surface area contributed by atoms with Gasteiger partial charge in [-0.05, 0) is 23.1 Å². The molecule has 0 saturated carbocycles. The van der Waals surface area contributed by atoms with E-state index in [1.54, 1.807) is 6.07 Å². The summed E-state index contributed by atoms with van der Waals surface area (Å²) in [5.41, 5.74) is 4.89. The topological polar surface area (TPSA) is 33.1 Å². The first-order valence-electron chi connectivity index (χ1n) is 4.94. The molecule has 1 heterocycles. The number of benzene rings is 1. The van der Waals surface area contributed by atoms with Crippen LogP contribution in [-0.2, 0) is 0 Å². The van der Waals surface area contributed by atoms with Crippen molar-refractivity contribution in [3.63, 3.8) is 0 Å². The molecule has 0 saturated heterocycles. The maximum Gasteiger partial charge on any atom is 0.141 e. The minimum absolute atomic E-state index is 0.311. The van der Waals surface area contributed by atoms with Gasteiger partial charge in [-0.15, -0.1) is 0 Å². The Morgan fingerprint density at radius 2 is 2.14 bits per heavy atom. The van der Waals surface area contributed by atoms with Gasteiger partial charge in [-0.1, -0.05) is 19.1 Å². The fourth-order valence-electron chi connectivity index (χ4n) is 2.84. The van der Waals surface area contributed by atoms with E-state index in [-0.39, 0.29) is 0 Å². The van der Waals surface area contributed by atoms with Gasteiger partial charge in [0.25, 0.3) is 0 Å². The zero-order chi connectivity index (χ0) is 9.45. The number of hydrogen-bond donors (Lipinski definition) is 1.